The lowest BCUT2D eigenvalue weighted by Gasteiger charge is -2.33. The van der Waals surface area contributed by atoms with Crippen LogP contribution in [-0.2, 0) is 9.84 Å². The predicted molar refractivity (Wildman–Crippen MR) is 77.5 cm³/mol. The fourth-order valence-electron chi connectivity index (χ4n) is 2.98. The van der Waals surface area contributed by atoms with E-state index in [1.54, 1.807) is 0 Å². The van der Waals surface area contributed by atoms with E-state index in [0.717, 1.165) is 19.4 Å². The van der Waals surface area contributed by atoms with E-state index < -0.39 is 9.84 Å². The molecular formula is C14H29NO2S. The topological polar surface area (TPSA) is 46.2 Å². The minimum atomic E-state index is -3.04. The third kappa shape index (κ3) is 2.90. The highest BCUT2D eigenvalue weighted by Gasteiger charge is 2.49. The van der Waals surface area contributed by atoms with Crippen LogP contribution < -0.4 is 5.32 Å². The Morgan fingerprint density at radius 3 is 2.28 bits per heavy atom. The largest absolute Gasteiger partial charge is 0.312 e. The molecule has 3 unspecified atom stereocenters. The lowest BCUT2D eigenvalue weighted by atomic mass is 9.87. The van der Waals surface area contributed by atoms with Gasteiger partial charge in [0.25, 0.3) is 0 Å². The molecule has 1 N–H and O–H groups in total. The SMILES string of the molecule is CCNC1C(S(=O)(=O)C(C)C(C)C)CCC1(C)C. The minimum Gasteiger partial charge on any atom is -0.312 e. The fourth-order valence-corrected chi connectivity index (χ4v) is 5.58. The zero-order valence-electron chi connectivity index (χ0n) is 12.7. The van der Waals surface area contributed by atoms with Crippen molar-refractivity contribution in [2.45, 2.75) is 70.9 Å². The molecule has 0 bridgehead atoms. The van der Waals surface area contributed by atoms with Crippen LogP contribution in [0.1, 0.15) is 54.4 Å². The molecule has 1 fully saturated rings. The van der Waals surface area contributed by atoms with Crippen molar-refractivity contribution in [3.63, 3.8) is 0 Å². The third-order valence-electron chi connectivity index (χ3n) is 4.59. The smallest absolute Gasteiger partial charge is 0.157 e. The molecule has 0 aliphatic heterocycles. The van der Waals surface area contributed by atoms with Gasteiger partial charge in [0.1, 0.15) is 0 Å². The molecule has 1 saturated carbocycles. The lowest BCUT2D eigenvalue weighted by molar-refractivity contribution is 0.287. The molecule has 108 valence electrons. The van der Waals surface area contributed by atoms with Crippen LogP contribution in [0.15, 0.2) is 0 Å². The Kier molecular flexibility index (Phi) is 4.87. The van der Waals surface area contributed by atoms with E-state index >= 15 is 0 Å². The van der Waals surface area contributed by atoms with Crippen molar-refractivity contribution in [2.75, 3.05) is 6.54 Å². The summed E-state index contributed by atoms with van der Waals surface area (Å²) in [6.45, 7) is 13.1. The van der Waals surface area contributed by atoms with E-state index in [4.69, 9.17) is 0 Å². The van der Waals surface area contributed by atoms with E-state index in [0.29, 0.717) is 0 Å². The van der Waals surface area contributed by atoms with Gasteiger partial charge >= 0.3 is 0 Å². The van der Waals surface area contributed by atoms with E-state index in [2.05, 4.69) is 19.2 Å². The number of hydrogen-bond donors (Lipinski definition) is 1. The summed E-state index contributed by atoms with van der Waals surface area (Å²) in [7, 11) is -3.04. The normalized spacial score (nSPS) is 29.7. The van der Waals surface area contributed by atoms with E-state index in [9.17, 15) is 8.42 Å². The fraction of sp³-hybridized carbons (Fsp3) is 1.00. The van der Waals surface area contributed by atoms with Crippen molar-refractivity contribution in [1.82, 2.24) is 5.32 Å². The van der Waals surface area contributed by atoms with Gasteiger partial charge in [0.05, 0.1) is 10.5 Å². The summed E-state index contributed by atoms with van der Waals surface area (Å²) in [4.78, 5) is 0. The maximum Gasteiger partial charge on any atom is 0.157 e. The molecule has 0 saturated heterocycles. The van der Waals surface area contributed by atoms with Gasteiger partial charge in [0.2, 0.25) is 0 Å². The standard InChI is InChI=1S/C14H29NO2S/c1-7-15-13-12(8-9-14(13,5)6)18(16,17)11(4)10(2)3/h10-13,15H,7-9H2,1-6H3. The van der Waals surface area contributed by atoms with Gasteiger partial charge in [-0.15, -0.1) is 0 Å². The molecule has 0 aromatic carbocycles. The average molecular weight is 275 g/mol. The van der Waals surface area contributed by atoms with Crippen molar-refractivity contribution in [3.8, 4) is 0 Å². The maximum absolute atomic E-state index is 12.7. The molecule has 18 heavy (non-hydrogen) atoms. The summed E-state index contributed by atoms with van der Waals surface area (Å²) in [6.07, 6.45) is 1.78. The van der Waals surface area contributed by atoms with Gasteiger partial charge in [-0.1, -0.05) is 34.6 Å². The Morgan fingerprint density at radius 1 is 1.28 bits per heavy atom. The van der Waals surface area contributed by atoms with Crippen LogP contribution >= 0.6 is 0 Å². The zero-order valence-corrected chi connectivity index (χ0v) is 13.5. The van der Waals surface area contributed by atoms with Crippen LogP contribution in [-0.4, -0.2) is 31.5 Å². The average Bonchev–Trinajstić information content (AvgIpc) is 2.54. The Morgan fingerprint density at radius 2 is 1.83 bits per heavy atom. The van der Waals surface area contributed by atoms with Gasteiger partial charge in [-0.05, 0) is 37.6 Å². The first-order valence-electron chi connectivity index (χ1n) is 7.10. The molecule has 1 aliphatic rings. The summed E-state index contributed by atoms with van der Waals surface area (Å²) >= 11 is 0. The molecule has 0 heterocycles. The lowest BCUT2D eigenvalue weighted by Crippen LogP contribution is -2.49. The maximum atomic E-state index is 12.7. The molecule has 4 heteroatoms. The summed E-state index contributed by atoms with van der Waals surface area (Å²) in [5.41, 5.74) is 0.0739. The first-order valence-corrected chi connectivity index (χ1v) is 8.71. The molecule has 3 nitrogen and oxygen atoms in total. The van der Waals surface area contributed by atoms with E-state index in [1.807, 2.05) is 27.7 Å². The van der Waals surface area contributed by atoms with E-state index in [-0.39, 0.29) is 27.9 Å². The molecule has 1 aliphatic carbocycles. The number of hydrogen-bond acceptors (Lipinski definition) is 3. The van der Waals surface area contributed by atoms with Crippen molar-refractivity contribution >= 4 is 9.84 Å². The monoisotopic (exact) mass is 275 g/mol. The van der Waals surface area contributed by atoms with Crippen LogP contribution in [0, 0.1) is 11.3 Å². The molecule has 0 radical (unpaired) electrons. The van der Waals surface area contributed by atoms with Crippen LogP contribution in [0.5, 0.6) is 0 Å². The Labute approximate surface area is 113 Å². The molecule has 0 amide bonds. The molecule has 1 rings (SSSR count). The number of rotatable bonds is 5. The van der Waals surface area contributed by atoms with Gasteiger partial charge in [-0.25, -0.2) is 8.42 Å². The molecule has 0 aromatic rings. The zero-order chi connectivity index (χ0) is 14.1. The highest BCUT2D eigenvalue weighted by atomic mass is 32.2. The van der Waals surface area contributed by atoms with Crippen LogP contribution in [0.2, 0.25) is 0 Å². The summed E-state index contributed by atoms with van der Waals surface area (Å²) < 4.78 is 25.4. The molecular weight excluding hydrogens is 246 g/mol. The van der Waals surface area contributed by atoms with Gasteiger partial charge in [0, 0.05) is 6.04 Å². The summed E-state index contributed by atoms with van der Waals surface area (Å²) in [5, 5.41) is 2.94. The highest BCUT2D eigenvalue weighted by molar-refractivity contribution is 7.92. The van der Waals surface area contributed by atoms with Gasteiger partial charge < -0.3 is 5.32 Å². The quantitative estimate of drug-likeness (QED) is 0.839. The first kappa shape index (κ1) is 16.0. The number of sulfone groups is 1. The Bertz CT molecular complexity index is 373. The van der Waals surface area contributed by atoms with Gasteiger partial charge in [-0.2, -0.15) is 0 Å². The van der Waals surface area contributed by atoms with Crippen LogP contribution in [0.4, 0.5) is 0 Å². The first-order chi connectivity index (χ1) is 8.14. The second kappa shape index (κ2) is 5.49. The van der Waals surface area contributed by atoms with E-state index in [1.165, 1.54) is 0 Å². The second-order valence-electron chi connectivity index (χ2n) is 6.64. The summed E-state index contributed by atoms with van der Waals surface area (Å²) in [6, 6.07) is 0.0914. The second-order valence-corrected chi connectivity index (χ2v) is 9.17. The van der Waals surface area contributed by atoms with Crippen molar-refractivity contribution < 1.29 is 8.42 Å². The summed E-state index contributed by atoms with van der Waals surface area (Å²) in [5.74, 6) is 0.181. The Hall–Kier alpha value is -0.0900. The Balaban J connectivity index is 3.02. The predicted octanol–water partition coefficient (Wildman–Crippen LogP) is 2.61. The van der Waals surface area contributed by atoms with Crippen LogP contribution in [0.3, 0.4) is 0 Å². The van der Waals surface area contributed by atoms with Crippen molar-refractivity contribution in [3.05, 3.63) is 0 Å². The molecule has 0 spiro atoms. The minimum absolute atomic E-state index is 0.0739. The molecule has 3 atom stereocenters. The molecule has 0 aromatic heterocycles. The number of nitrogens with one attached hydrogen (secondary N) is 1. The van der Waals surface area contributed by atoms with Crippen molar-refractivity contribution in [2.24, 2.45) is 11.3 Å². The van der Waals surface area contributed by atoms with Crippen LogP contribution in [0.25, 0.3) is 0 Å². The third-order valence-corrected chi connectivity index (χ3v) is 7.52. The van der Waals surface area contributed by atoms with Gasteiger partial charge in [0.15, 0.2) is 9.84 Å². The van der Waals surface area contributed by atoms with Crippen molar-refractivity contribution in [1.29, 1.82) is 0 Å². The van der Waals surface area contributed by atoms with Gasteiger partial charge in [-0.3, -0.25) is 0 Å². The highest BCUT2D eigenvalue weighted by Crippen LogP contribution is 2.42.